The summed E-state index contributed by atoms with van der Waals surface area (Å²) in [5, 5.41) is 20.2. The summed E-state index contributed by atoms with van der Waals surface area (Å²) in [6.07, 6.45) is 1.76. The summed E-state index contributed by atoms with van der Waals surface area (Å²) < 4.78 is 6.00. The smallest absolute Gasteiger partial charge is 0.167 e. The number of Topliss-reactive ketones (excluding diaryl/α,β-unsaturated/α-hetero) is 1. The highest BCUT2D eigenvalue weighted by Gasteiger charge is 2.53. The van der Waals surface area contributed by atoms with Crippen molar-refractivity contribution >= 4 is 5.78 Å². The van der Waals surface area contributed by atoms with E-state index in [9.17, 15) is 15.0 Å². The van der Waals surface area contributed by atoms with Crippen molar-refractivity contribution in [3.05, 3.63) is 11.6 Å². The Morgan fingerprint density at radius 2 is 1.74 bits per heavy atom. The number of aliphatic hydroxyl groups is 2. The number of hydrogen-bond acceptors (Lipinski definition) is 4. The van der Waals surface area contributed by atoms with Crippen LogP contribution in [0.4, 0.5) is 0 Å². The van der Waals surface area contributed by atoms with Gasteiger partial charge in [-0.3, -0.25) is 4.79 Å². The fourth-order valence-corrected chi connectivity index (χ4v) is 2.15. The highest BCUT2D eigenvalue weighted by Crippen LogP contribution is 2.45. The van der Waals surface area contributed by atoms with Crippen LogP contribution in [0, 0.1) is 0 Å². The molecule has 0 fully saturated rings. The third-order valence-electron chi connectivity index (χ3n) is 3.98. The van der Waals surface area contributed by atoms with Crippen LogP contribution in [0.25, 0.3) is 0 Å². The van der Waals surface area contributed by atoms with Gasteiger partial charge in [0.25, 0.3) is 0 Å². The highest BCUT2D eigenvalue weighted by molar-refractivity contribution is 5.87. The van der Waals surface area contributed by atoms with Crippen LogP contribution in [0.1, 0.15) is 54.9 Å². The topological polar surface area (TPSA) is 66.8 Å². The molecule has 19 heavy (non-hydrogen) atoms. The van der Waals surface area contributed by atoms with Gasteiger partial charge >= 0.3 is 0 Å². The van der Waals surface area contributed by atoms with Gasteiger partial charge in [-0.1, -0.05) is 0 Å². The fourth-order valence-electron chi connectivity index (χ4n) is 2.15. The molecular weight excluding hydrogens is 244 g/mol. The van der Waals surface area contributed by atoms with Crippen molar-refractivity contribution in [2.24, 2.45) is 0 Å². The minimum atomic E-state index is -1.43. The van der Waals surface area contributed by atoms with E-state index < -0.39 is 22.4 Å². The molecule has 0 aromatic carbocycles. The molecule has 0 aliphatic carbocycles. The first kappa shape index (κ1) is 16.3. The fraction of sp³-hybridized carbons (Fsp3) is 0.800. The predicted molar refractivity (Wildman–Crippen MR) is 73.9 cm³/mol. The SMILES string of the molecule is CC1=CC(CC(=O)C(C)(C)O)(C(C)(C)O)OC1(C)C. The Morgan fingerprint density at radius 3 is 2.00 bits per heavy atom. The molecule has 4 nitrogen and oxygen atoms in total. The van der Waals surface area contributed by atoms with Crippen molar-refractivity contribution in [2.75, 3.05) is 0 Å². The van der Waals surface area contributed by atoms with Crippen LogP contribution in [0.15, 0.2) is 11.6 Å². The summed E-state index contributed by atoms with van der Waals surface area (Å²) in [6, 6.07) is 0. The molecule has 0 radical (unpaired) electrons. The number of carbonyl (C=O) groups excluding carboxylic acids is 1. The molecule has 110 valence electrons. The first-order valence-corrected chi connectivity index (χ1v) is 6.59. The van der Waals surface area contributed by atoms with Crippen LogP contribution in [-0.4, -0.2) is 38.4 Å². The summed E-state index contributed by atoms with van der Waals surface area (Å²) in [4.78, 5) is 12.1. The van der Waals surface area contributed by atoms with Crippen molar-refractivity contribution in [3.63, 3.8) is 0 Å². The minimum absolute atomic E-state index is 0.0548. The molecular formula is C15H26O4. The lowest BCUT2D eigenvalue weighted by Crippen LogP contribution is -2.54. The van der Waals surface area contributed by atoms with E-state index in [1.54, 1.807) is 13.8 Å². The molecule has 1 aliphatic rings. The number of ketones is 1. The lowest BCUT2D eigenvalue weighted by Gasteiger charge is -2.41. The third kappa shape index (κ3) is 3.07. The molecule has 0 aromatic rings. The Kier molecular flexibility index (Phi) is 3.79. The van der Waals surface area contributed by atoms with E-state index in [-0.39, 0.29) is 12.2 Å². The van der Waals surface area contributed by atoms with E-state index in [1.807, 2.05) is 26.8 Å². The zero-order valence-electron chi connectivity index (χ0n) is 13.0. The van der Waals surface area contributed by atoms with Crippen LogP contribution < -0.4 is 0 Å². The molecule has 0 saturated heterocycles. The molecule has 1 rings (SSSR count). The third-order valence-corrected chi connectivity index (χ3v) is 3.98. The number of hydrogen-bond donors (Lipinski definition) is 2. The second-order valence-electron chi connectivity index (χ2n) is 7.05. The zero-order chi connectivity index (χ0) is 15.3. The molecule has 1 atom stereocenters. The lowest BCUT2D eigenvalue weighted by atomic mass is 9.79. The monoisotopic (exact) mass is 270 g/mol. The summed E-state index contributed by atoms with van der Waals surface area (Å²) in [5.41, 5.74) is -3.31. The largest absolute Gasteiger partial charge is 0.387 e. The molecule has 0 spiro atoms. The average Bonchev–Trinajstić information content (AvgIpc) is 2.35. The summed E-state index contributed by atoms with van der Waals surface area (Å²) in [5.74, 6) is -0.351. The van der Waals surface area contributed by atoms with Crippen LogP contribution in [0.5, 0.6) is 0 Å². The van der Waals surface area contributed by atoms with E-state index in [4.69, 9.17) is 4.74 Å². The summed E-state index contributed by atoms with van der Waals surface area (Å²) in [7, 11) is 0. The van der Waals surface area contributed by atoms with E-state index in [1.165, 1.54) is 13.8 Å². The quantitative estimate of drug-likeness (QED) is 0.767. The molecule has 0 amide bonds. The first-order chi connectivity index (χ1) is 8.21. The molecule has 1 unspecified atom stereocenters. The summed E-state index contributed by atoms with van der Waals surface area (Å²) >= 11 is 0. The van der Waals surface area contributed by atoms with Gasteiger partial charge in [0.2, 0.25) is 0 Å². The maximum absolute atomic E-state index is 12.1. The molecule has 1 aliphatic heterocycles. The van der Waals surface area contributed by atoms with Crippen LogP contribution in [-0.2, 0) is 9.53 Å². The van der Waals surface area contributed by atoms with Gasteiger partial charge < -0.3 is 14.9 Å². The van der Waals surface area contributed by atoms with Crippen molar-refractivity contribution < 1.29 is 19.7 Å². The maximum Gasteiger partial charge on any atom is 0.167 e. The molecule has 1 heterocycles. The normalized spacial score (nSPS) is 27.3. The van der Waals surface area contributed by atoms with Gasteiger partial charge in [0.1, 0.15) is 11.2 Å². The second-order valence-corrected chi connectivity index (χ2v) is 7.05. The van der Waals surface area contributed by atoms with Crippen LogP contribution >= 0.6 is 0 Å². The first-order valence-electron chi connectivity index (χ1n) is 6.59. The molecule has 2 N–H and O–H groups in total. The van der Waals surface area contributed by atoms with E-state index in [0.717, 1.165) is 5.57 Å². The number of rotatable bonds is 4. The van der Waals surface area contributed by atoms with Gasteiger partial charge in [-0.25, -0.2) is 0 Å². The van der Waals surface area contributed by atoms with Gasteiger partial charge in [0.15, 0.2) is 5.78 Å². The van der Waals surface area contributed by atoms with Crippen LogP contribution in [0.2, 0.25) is 0 Å². The van der Waals surface area contributed by atoms with Gasteiger partial charge in [0.05, 0.1) is 11.2 Å². The Bertz CT molecular complexity index is 407. The van der Waals surface area contributed by atoms with Gasteiger partial charge in [-0.15, -0.1) is 0 Å². The Morgan fingerprint density at radius 1 is 1.26 bits per heavy atom. The molecule has 4 heteroatoms. The molecule has 0 saturated carbocycles. The molecule has 0 aromatic heterocycles. The zero-order valence-corrected chi connectivity index (χ0v) is 13.0. The Balaban J connectivity index is 3.18. The van der Waals surface area contributed by atoms with Gasteiger partial charge in [-0.05, 0) is 60.1 Å². The predicted octanol–water partition coefficient (Wildman–Crippen LogP) is 1.98. The van der Waals surface area contributed by atoms with Crippen molar-refractivity contribution in [3.8, 4) is 0 Å². The lowest BCUT2D eigenvalue weighted by molar-refractivity contribution is -0.180. The maximum atomic E-state index is 12.1. The van der Waals surface area contributed by atoms with Gasteiger partial charge in [0, 0.05) is 6.42 Å². The van der Waals surface area contributed by atoms with Crippen molar-refractivity contribution in [1.82, 2.24) is 0 Å². The van der Waals surface area contributed by atoms with Crippen molar-refractivity contribution in [2.45, 2.75) is 77.3 Å². The van der Waals surface area contributed by atoms with Gasteiger partial charge in [-0.2, -0.15) is 0 Å². The van der Waals surface area contributed by atoms with Crippen molar-refractivity contribution in [1.29, 1.82) is 0 Å². The summed E-state index contributed by atoms with van der Waals surface area (Å²) in [6.45, 7) is 11.9. The second kappa shape index (κ2) is 4.40. The van der Waals surface area contributed by atoms with E-state index in [0.29, 0.717) is 0 Å². The Labute approximate surface area is 115 Å². The number of ether oxygens (including phenoxy) is 1. The standard InChI is InChI=1S/C15H26O4/c1-10-8-15(14(6,7)18,19-13(10,4)5)9-11(16)12(2,3)17/h8,17-18H,9H2,1-7H3. The molecule has 0 bridgehead atoms. The number of carbonyl (C=O) groups is 1. The van der Waals surface area contributed by atoms with E-state index in [2.05, 4.69) is 0 Å². The van der Waals surface area contributed by atoms with E-state index >= 15 is 0 Å². The minimum Gasteiger partial charge on any atom is -0.387 e. The Hall–Kier alpha value is -0.710. The van der Waals surface area contributed by atoms with Crippen LogP contribution in [0.3, 0.4) is 0 Å². The highest BCUT2D eigenvalue weighted by atomic mass is 16.5. The average molecular weight is 270 g/mol.